The zero-order chi connectivity index (χ0) is 34.6. The minimum Gasteiger partial charge on any atom is -0.756 e. The van der Waals surface area contributed by atoms with Crippen LogP contribution in [0.4, 0.5) is 10.5 Å². The summed E-state index contributed by atoms with van der Waals surface area (Å²) in [5.41, 5.74) is -1.69. The number of nitrogens with zero attached hydrogens (tertiary/aromatic N) is 2. The Morgan fingerprint density at radius 1 is 1.21 bits per heavy atom. The molecule has 259 valence electrons. The van der Waals surface area contributed by atoms with Gasteiger partial charge in [-0.1, -0.05) is 25.5 Å². The quantitative estimate of drug-likeness (QED) is 0.0685. The van der Waals surface area contributed by atoms with Crippen LogP contribution in [0, 0.1) is 23.1 Å². The number of aryl methyl sites for hydroxylation is 1. The summed E-state index contributed by atoms with van der Waals surface area (Å²) in [7, 11) is -18.0. The maximum absolute atomic E-state index is 12.4. The molecule has 7 atom stereocenters. The van der Waals surface area contributed by atoms with E-state index in [4.69, 9.17) is 19.1 Å². The van der Waals surface area contributed by atoms with Gasteiger partial charge in [0.1, 0.15) is 18.9 Å². The van der Waals surface area contributed by atoms with Crippen molar-refractivity contribution >= 4 is 35.3 Å². The van der Waals surface area contributed by atoms with Crippen molar-refractivity contribution in [2.75, 3.05) is 13.2 Å². The first-order chi connectivity index (χ1) is 21.2. The Bertz CT molecular complexity index is 1730. The van der Waals surface area contributed by atoms with Gasteiger partial charge in [-0.05, 0) is 5.92 Å². The number of carbonyl (C=O) groups is 1. The van der Waals surface area contributed by atoms with Crippen LogP contribution in [0.25, 0.3) is 0 Å². The molecule has 47 heavy (non-hydrogen) atoms. The summed E-state index contributed by atoms with van der Waals surface area (Å²) in [5, 5.41) is 21.5. The molecule has 4 unspecified atom stereocenters. The van der Waals surface area contributed by atoms with E-state index >= 15 is 0 Å². The predicted molar refractivity (Wildman–Crippen MR) is 140 cm³/mol. The summed E-state index contributed by atoms with van der Waals surface area (Å²) in [6, 6.07) is 5.42. The van der Waals surface area contributed by atoms with Crippen molar-refractivity contribution in [3.63, 3.8) is 0 Å². The van der Waals surface area contributed by atoms with Crippen LogP contribution in [0.5, 0.6) is 0 Å². The number of hydrogen-bond donors (Lipinski definition) is 3. The monoisotopic (exact) mass is 804 g/mol. The van der Waals surface area contributed by atoms with Gasteiger partial charge in [0.25, 0.3) is 29.0 Å². The van der Waals surface area contributed by atoms with Gasteiger partial charge in [-0.2, -0.15) is 17.7 Å². The molecule has 1 aromatic carbocycles. The van der Waals surface area contributed by atoms with Crippen molar-refractivity contribution in [2.24, 2.45) is 0 Å². The molecule has 1 saturated heterocycles. The molecule has 1 aliphatic rings. The van der Waals surface area contributed by atoms with Crippen LogP contribution >= 0.6 is 23.5 Å². The summed E-state index contributed by atoms with van der Waals surface area (Å²) in [6.07, 6.45) is -5.22. The van der Waals surface area contributed by atoms with Gasteiger partial charge in [0.2, 0.25) is 0 Å². The standard InChI is InChI=1S/C21H27N3O19P3.Y/c1-11-3-4-15(24(29)30)14(5-11)12(2)8-38-21(28)39-9-13-7-23(20(27)22-19(13)26)18-6-16(25)17(41-18)10-40-45(34,35)43-46(36,37)42-44(31,32)33;/h4-5,7,12,16-18,25H,6,8-10H2,1-2H3,(H,34,35)(H,36,37)(H,22,26,27)(H2,31,32,33);/q-1;/p-3/t12?,16-,17-,18-;/m1./s1. The Morgan fingerprint density at radius 2 is 1.87 bits per heavy atom. The summed E-state index contributed by atoms with van der Waals surface area (Å²) >= 11 is 0. The number of aromatic nitrogens is 2. The number of carbonyl (C=O) groups excluding carboxylic acids is 1. The van der Waals surface area contributed by atoms with Gasteiger partial charge in [0.05, 0.1) is 24.9 Å². The molecule has 0 spiro atoms. The van der Waals surface area contributed by atoms with E-state index in [0.717, 1.165) is 10.8 Å². The van der Waals surface area contributed by atoms with E-state index in [2.05, 4.69) is 19.2 Å². The number of aliphatic hydroxyl groups is 1. The van der Waals surface area contributed by atoms with Gasteiger partial charge in [-0.3, -0.25) is 38.2 Å². The number of aliphatic hydroxyl groups excluding tert-OH is 1. The average Bonchev–Trinajstić information content (AvgIpc) is 3.27. The Labute approximate surface area is 288 Å². The third-order valence-corrected chi connectivity index (χ3v) is 9.68. The second kappa shape index (κ2) is 16.6. The number of nitrogens with one attached hydrogen (secondary N) is 1. The van der Waals surface area contributed by atoms with E-state index in [1.54, 1.807) is 13.8 Å². The number of hydrogen-bond acceptors (Lipinski definition) is 18. The molecule has 26 heteroatoms. The van der Waals surface area contributed by atoms with E-state index in [1.165, 1.54) is 12.1 Å². The normalized spacial score (nSPS) is 22.1. The summed E-state index contributed by atoms with van der Waals surface area (Å²) < 4.78 is 60.5. The molecular formula is C21H24N3O19P3Y-4. The number of nitro groups is 1. The van der Waals surface area contributed by atoms with Crippen LogP contribution in [0.15, 0.2) is 27.9 Å². The Morgan fingerprint density at radius 3 is 2.49 bits per heavy atom. The topological polar surface area (TPSA) is 331 Å². The van der Waals surface area contributed by atoms with Gasteiger partial charge in [0.15, 0.2) is 5.69 Å². The molecular weight excluding hydrogens is 780 g/mol. The smallest absolute Gasteiger partial charge is 0.508 e. The van der Waals surface area contributed by atoms with Crippen molar-refractivity contribution in [3.8, 4) is 0 Å². The molecule has 0 saturated carbocycles. The van der Waals surface area contributed by atoms with Crippen LogP contribution in [0.1, 0.15) is 42.2 Å². The number of rotatable bonds is 14. The summed E-state index contributed by atoms with van der Waals surface area (Å²) in [5.74, 6) is -0.633. The molecule has 2 aromatic rings. The molecule has 3 rings (SSSR count). The number of aromatic amines is 1. The Balaban J connectivity index is 0.00000768. The van der Waals surface area contributed by atoms with Crippen molar-refractivity contribution in [3.05, 3.63) is 72.0 Å². The van der Waals surface area contributed by atoms with E-state index in [0.29, 0.717) is 5.56 Å². The molecule has 0 bridgehead atoms. The number of phosphoric acid groups is 3. The molecule has 0 amide bonds. The number of ether oxygens (including phenoxy) is 3. The van der Waals surface area contributed by atoms with Gasteiger partial charge >= 0.3 is 11.8 Å². The van der Waals surface area contributed by atoms with E-state index in [-0.39, 0.29) is 56.1 Å². The molecule has 3 N–H and O–H groups in total. The predicted octanol–water partition coefficient (Wildman–Crippen LogP) is -0.896. The molecule has 2 heterocycles. The van der Waals surface area contributed by atoms with Crippen molar-refractivity contribution in [1.29, 1.82) is 0 Å². The zero-order valence-corrected chi connectivity index (χ0v) is 29.5. The fourth-order valence-corrected chi connectivity index (χ4v) is 6.86. The number of phosphoric ester groups is 1. The average molecular weight is 804 g/mol. The van der Waals surface area contributed by atoms with Crippen molar-refractivity contribution in [1.82, 2.24) is 9.55 Å². The first kappa shape index (κ1) is 41.2. The van der Waals surface area contributed by atoms with Gasteiger partial charge in [0, 0.05) is 50.3 Å². The van der Waals surface area contributed by atoms with Crippen LogP contribution in [0.2, 0.25) is 0 Å². The van der Waals surface area contributed by atoms with E-state index < -0.39 is 89.8 Å². The maximum atomic E-state index is 12.4. The van der Waals surface area contributed by atoms with E-state index in [9.17, 15) is 58.0 Å². The van der Waals surface area contributed by atoms with Crippen LogP contribution in [-0.2, 0) is 80.4 Å². The zero-order valence-electron chi connectivity index (χ0n) is 24.0. The number of H-pyrrole nitrogens is 1. The largest absolute Gasteiger partial charge is 0.756 e. The third kappa shape index (κ3) is 12.4. The molecule has 0 aliphatic carbocycles. The second-order valence-corrected chi connectivity index (χ2v) is 13.8. The van der Waals surface area contributed by atoms with Gasteiger partial charge in [-0.15, -0.1) is 0 Å². The Hall–Kier alpha value is -2.00. The number of benzene rings is 1. The fourth-order valence-electron chi connectivity index (χ4n) is 3.96. The first-order valence-corrected chi connectivity index (χ1v) is 16.9. The molecule has 1 radical (unpaired) electrons. The second-order valence-electron chi connectivity index (χ2n) is 9.54. The SMILES string of the molecule is Cc1[c-]cc([N+](=O)[O-])c(C(C)COC(=O)OCc2cn([C@H]3C[C@@H](O)[C@@H](COP(=O)([O-])OP(=O)([O-])OP(=O)([O-])O)O3)c(=O)[nH]c2=O)c1.[Y]. The van der Waals surface area contributed by atoms with E-state index in [1.807, 2.05) is 4.98 Å². The van der Waals surface area contributed by atoms with Gasteiger partial charge in [-0.25, -0.2) is 18.2 Å². The van der Waals surface area contributed by atoms with Crippen LogP contribution < -0.4 is 25.9 Å². The van der Waals surface area contributed by atoms with Crippen LogP contribution in [-0.4, -0.2) is 56.1 Å². The molecule has 1 fully saturated rings. The minimum atomic E-state index is -6.16. The van der Waals surface area contributed by atoms with Crippen molar-refractivity contribution in [2.45, 2.75) is 51.2 Å². The Kier molecular flexibility index (Phi) is 14.5. The molecule has 1 aliphatic heterocycles. The maximum Gasteiger partial charge on any atom is 0.508 e. The van der Waals surface area contributed by atoms with Crippen LogP contribution in [0.3, 0.4) is 0 Å². The summed E-state index contributed by atoms with van der Waals surface area (Å²) in [4.78, 5) is 91.5. The molecule has 22 nitrogen and oxygen atoms in total. The van der Waals surface area contributed by atoms with Crippen molar-refractivity contribution < 1.29 is 108 Å². The van der Waals surface area contributed by atoms with Gasteiger partial charge < -0.3 is 43.4 Å². The minimum absolute atomic E-state index is 0. The summed E-state index contributed by atoms with van der Waals surface area (Å²) in [6.45, 7) is 1.05. The molecule has 1 aromatic heterocycles. The number of nitro benzene ring substituents is 1. The fraction of sp³-hybridized carbons (Fsp3) is 0.476. The third-order valence-electron chi connectivity index (χ3n) is 5.98. The first-order valence-electron chi connectivity index (χ1n) is 12.5.